The average molecular weight is 412 g/mol. The molecule has 1 aliphatic carbocycles. The smallest absolute Gasteiger partial charge is 0.282 e. The molecule has 0 amide bonds. The van der Waals surface area contributed by atoms with Crippen LogP contribution in [0.1, 0.15) is 54.6 Å². The second-order valence-electron chi connectivity index (χ2n) is 6.98. The maximum atomic E-state index is 13.5. The third-order valence-corrected chi connectivity index (χ3v) is 6.17. The number of hydrogen-bond acceptors (Lipinski definition) is 6. The molecule has 2 aromatic heterocycles. The van der Waals surface area contributed by atoms with Gasteiger partial charge in [0, 0.05) is 25.5 Å². The number of alkyl halides is 2. The van der Waals surface area contributed by atoms with Crippen LogP contribution in [0.15, 0.2) is 23.2 Å². The molecule has 0 bridgehead atoms. The molecule has 3 rings (SSSR count). The second kappa shape index (κ2) is 7.94. The summed E-state index contributed by atoms with van der Waals surface area (Å²) >= 11 is 0. The molecule has 0 atom stereocenters. The first-order valence-electron chi connectivity index (χ1n) is 8.99. The highest BCUT2D eigenvalue weighted by molar-refractivity contribution is 7.90. The van der Waals surface area contributed by atoms with Crippen molar-refractivity contribution in [2.75, 3.05) is 18.2 Å². The van der Waals surface area contributed by atoms with E-state index in [1.807, 2.05) is 4.90 Å². The molecule has 0 aliphatic heterocycles. The molecule has 2 aromatic rings. The normalized spacial score (nSPS) is 15.8. The van der Waals surface area contributed by atoms with Crippen molar-refractivity contribution >= 4 is 21.9 Å². The van der Waals surface area contributed by atoms with Crippen LogP contribution in [0.2, 0.25) is 0 Å². The maximum absolute atomic E-state index is 13.5. The first-order chi connectivity index (χ1) is 13.2. The number of pyridine rings is 1. The van der Waals surface area contributed by atoms with E-state index in [0.717, 1.165) is 44.6 Å². The van der Waals surface area contributed by atoms with E-state index in [1.54, 1.807) is 7.05 Å². The van der Waals surface area contributed by atoms with Crippen molar-refractivity contribution in [2.24, 2.45) is 0 Å². The fraction of sp³-hybridized carbons (Fsp3) is 0.500. The van der Waals surface area contributed by atoms with E-state index in [9.17, 15) is 22.0 Å². The van der Waals surface area contributed by atoms with E-state index in [2.05, 4.69) is 10.1 Å². The molecule has 0 N–H and O–H groups in total. The lowest BCUT2D eigenvalue weighted by Crippen LogP contribution is -2.35. The lowest BCUT2D eigenvalue weighted by atomic mass is 9.94. The third-order valence-electron chi connectivity index (χ3n) is 5.07. The zero-order valence-corrected chi connectivity index (χ0v) is 16.5. The standard InChI is InChI=1S/C18H22F2N4O3S/c1-23(12-6-4-3-5-7-12)18-14(11-25)16(17(19)20)22-24(18)15-9-8-13(10-21-15)28(2,26)27/h8-12,17H,3-7H2,1-2H3. The number of carbonyl (C=O) groups excluding carboxylic acids is 1. The van der Waals surface area contributed by atoms with Gasteiger partial charge in [-0.15, -0.1) is 0 Å². The van der Waals surface area contributed by atoms with Gasteiger partial charge in [0.25, 0.3) is 6.43 Å². The summed E-state index contributed by atoms with van der Waals surface area (Å²) in [5, 5.41) is 3.94. The van der Waals surface area contributed by atoms with E-state index in [1.165, 1.54) is 16.8 Å². The van der Waals surface area contributed by atoms with Crippen LogP contribution in [0.4, 0.5) is 14.6 Å². The zero-order valence-electron chi connectivity index (χ0n) is 15.7. The zero-order chi connectivity index (χ0) is 20.5. The minimum atomic E-state index is -3.45. The van der Waals surface area contributed by atoms with Crippen LogP contribution in [-0.4, -0.2) is 48.8 Å². The molecule has 7 nitrogen and oxygen atoms in total. The predicted octanol–water partition coefficient (Wildman–Crippen LogP) is 3.19. The Balaban J connectivity index is 2.12. The van der Waals surface area contributed by atoms with Gasteiger partial charge in [-0.1, -0.05) is 19.3 Å². The summed E-state index contributed by atoms with van der Waals surface area (Å²) in [6, 6.07) is 2.83. The van der Waals surface area contributed by atoms with Gasteiger partial charge < -0.3 is 4.90 Å². The SMILES string of the molecule is CN(c1c(C=O)c(C(F)F)nn1-c1ccc(S(C)(=O)=O)cn1)C1CCCCC1. The number of aromatic nitrogens is 3. The van der Waals surface area contributed by atoms with Gasteiger partial charge in [0.2, 0.25) is 0 Å². The topological polar surface area (TPSA) is 85.2 Å². The van der Waals surface area contributed by atoms with Crippen molar-refractivity contribution in [3.8, 4) is 5.82 Å². The number of halogens is 2. The fourth-order valence-corrected chi connectivity index (χ4v) is 4.13. The first kappa shape index (κ1) is 20.4. The Hall–Kier alpha value is -2.36. The molecule has 0 saturated heterocycles. The first-order valence-corrected chi connectivity index (χ1v) is 10.9. The van der Waals surface area contributed by atoms with Gasteiger partial charge in [-0.2, -0.15) is 9.78 Å². The van der Waals surface area contributed by atoms with Gasteiger partial charge in [-0.3, -0.25) is 4.79 Å². The van der Waals surface area contributed by atoms with Crippen LogP contribution in [0.5, 0.6) is 0 Å². The van der Waals surface area contributed by atoms with Crippen LogP contribution in [0, 0.1) is 0 Å². The number of nitrogens with zero attached hydrogens (tertiary/aromatic N) is 4. The van der Waals surface area contributed by atoms with Crippen molar-refractivity contribution in [3.63, 3.8) is 0 Å². The van der Waals surface area contributed by atoms with Crippen LogP contribution in [0.25, 0.3) is 5.82 Å². The number of sulfone groups is 1. The summed E-state index contributed by atoms with van der Waals surface area (Å²) < 4.78 is 51.5. The molecular formula is C18H22F2N4O3S. The molecule has 1 fully saturated rings. The van der Waals surface area contributed by atoms with Crippen molar-refractivity contribution in [1.82, 2.24) is 14.8 Å². The third kappa shape index (κ3) is 3.91. The highest BCUT2D eigenvalue weighted by Crippen LogP contribution is 2.34. The lowest BCUT2D eigenvalue weighted by Gasteiger charge is -2.33. The molecule has 0 aromatic carbocycles. The van der Waals surface area contributed by atoms with Gasteiger partial charge in [-0.25, -0.2) is 22.2 Å². The highest BCUT2D eigenvalue weighted by atomic mass is 32.2. The molecular weight excluding hydrogens is 390 g/mol. The Morgan fingerprint density at radius 3 is 2.43 bits per heavy atom. The van der Waals surface area contributed by atoms with E-state index in [4.69, 9.17) is 0 Å². The lowest BCUT2D eigenvalue weighted by molar-refractivity contribution is 0.110. The summed E-state index contributed by atoms with van der Waals surface area (Å²) in [7, 11) is -1.68. The Bertz CT molecular complexity index is 952. The molecule has 10 heteroatoms. The van der Waals surface area contributed by atoms with Crippen molar-refractivity contribution in [3.05, 3.63) is 29.6 Å². The largest absolute Gasteiger partial charge is 0.356 e. The monoisotopic (exact) mass is 412 g/mol. The van der Waals surface area contributed by atoms with E-state index in [0.29, 0.717) is 6.29 Å². The molecule has 0 unspecified atom stereocenters. The number of rotatable bonds is 6. The van der Waals surface area contributed by atoms with Gasteiger partial charge in [-0.05, 0) is 25.0 Å². The van der Waals surface area contributed by atoms with E-state index >= 15 is 0 Å². The van der Waals surface area contributed by atoms with Crippen LogP contribution < -0.4 is 4.90 Å². The van der Waals surface area contributed by atoms with Crippen LogP contribution >= 0.6 is 0 Å². The molecule has 0 spiro atoms. The Morgan fingerprint density at radius 1 is 1.25 bits per heavy atom. The number of carbonyl (C=O) groups is 1. The van der Waals surface area contributed by atoms with Gasteiger partial charge in [0.05, 0.1) is 10.5 Å². The highest BCUT2D eigenvalue weighted by Gasteiger charge is 2.30. The predicted molar refractivity (Wildman–Crippen MR) is 100 cm³/mol. The summed E-state index contributed by atoms with van der Waals surface area (Å²) in [6.07, 6.45) is 4.65. The summed E-state index contributed by atoms with van der Waals surface area (Å²) in [5.74, 6) is 0.414. The Morgan fingerprint density at radius 2 is 1.93 bits per heavy atom. The summed E-state index contributed by atoms with van der Waals surface area (Å²) in [5.41, 5.74) is -0.779. The van der Waals surface area contributed by atoms with Gasteiger partial charge in [0.15, 0.2) is 21.9 Å². The fourth-order valence-electron chi connectivity index (χ4n) is 3.57. The van der Waals surface area contributed by atoms with Crippen molar-refractivity contribution in [2.45, 2.75) is 49.5 Å². The Labute approximate surface area is 162 Å². The van der Waals surface area contributed by atoms with E-state index in [-0.39, 0.29) is 28.1 Å². The minimum Gasteiger partial charge on any atom is -0.356 e. The summed E-state index contributed by atoms with van der Waals surface area (Å²) in [4.78, 5) is 17.6. The molecule has 28 heavy (non-hydrogen) atoms. The second-order valence-corrected chi connectivity index (χ2v) is 9.00. The molecule has 0 radical (unpaired) electrons. The Kier molecular flexibility index (Phi) is 5.78. The van der Waals surface area contributed by atoms with E-state index < -0.39 is 22.0 Å². The molecule has 1 aliphatic rings. The molecule has 1 saturated carbocycles. The van der Waals surface area contributed by atoms with Crippen molar-refractivity contribution in [1.29, 1.82) is 0 Å². The van der Waals surface area contributed by atoms with Crippen molar-refractivity contribution < 1.29 is 22.0 Å². The van der Waals surface area contributed by atoms with Crippen LogP contribution in [0.3, 0.4) is 0 Å². The quantitative estimate of drug-likeness (QED) is 0.678. The minimum absolute atomic E-state index is 0.00952. The number of hydrogen-bond donors (Lipinski definition) is 0. The summed E-state index contributed by atoms with van der Waals surface area (Å²) in [6.45, 7) is 0. The van der Waals surface area contributed by atoms with Gasteiger partial charge >= 0.3 is 0 Å². The molecule has 2 heterocycles. The molecule has 152 valence electrons. The van der Waals surface area contributed by atoms with Crippen LogP contribution in [-0.2, 0) is 9.84 Å². The number of anilines is 1. The number of aldehydes is 1. The maximum Gasteiger partial charge on any atom is 0.282 e. The average Bonchev–Trinajstić information content (AvgIpc) is 3.07. The van der Waals surface area contributed by atoms with Gasteiger partial charge in [0.1, 0.15) is 11.5 Å².